The number of amides is 2. The third-order valence-electron chi connectivity index (χ3n) is 7.29. The van der Waals surface area contributed by atoms with Crippen molar-refractivity contribution in [2.24, 2.45) is 23.2 Å². The van der Waals surface area contributed by atoms with E-state index in [-0.39, 0.29) is 36.4 Å². The first-order valence-corrected chi connectivity index (χ1v) is 12.0. The Morgan fingerprint density at radius 1 is 1.12 bits per heavy atom. The Labute approximate surface area is 197 Å². The number of alkyl halides is 1. The second-order valence-electron chi connectivity index (χ2n) is 10.1. The number of rotatable bonds is 5. The normalized spacial score (nSPS) is 30.5. The van der Waals surface area contributed by atoms with Gasteiger partial charge in [-0.1, -0.05) is 46.3 Å². The van der Waals surface area contributed by atoms with Crippen molar-refractivity contribution in [2.75, 3.05) is 7.11 Å². The molecule has 0 radical (unpaired) electrons. The second kappa shape index (κ2) is 8.69. The van der Waals surface area contributed by atoms with Crippen molar-refractivity contribution in [3.63, 3.8) is 0 Å². The molecule has 8 heteroatoms. The highest BCUT2D eigenvalue weighted by molar-refractivity contribution is 9.10. The number of benzene rings is 1. The zero-order valence-electron chi connectivity index (χ0n) is 18.8. The number of carbonyl (C=O) groups is 3. The summed E-state index contributed by atoms with van der Waals surface area (Å²) in [5.74, 6) is 0.368. The fourth-order valence-corrected chi connectivity index (χ4v) is 6.48. The summed E-state index contributed by atoms with van der Waals surface area (Å²) in [7, 11) is 1.45. The minimum absolute atomic E-state index is 0.122. The van der Waals surface area contributed by atoms with Crippen molar-refractivity contribution in [1.82, 2.24) is 10.4 Å². The molecule has 7 nitrogen and oxygen atoms in total. The van der Waals surface area contributed by atoms with Crippen LogP contribution >= 0.6 is 15.9 Å². The number of nitrogens with one attached hydrogen (secondary N) is 1. The molecule has 0 heterocycles. The predicted molar refractivity (Wildman–Crippen MR) is 121 cm³/mol. The molecule has 4 bridgehead atoms. The van der Waals surface area contributed by atoms with Crippen LogP contribution in [-0.4, -0.2) is 40.5 Å². The van der Waals surface area contributed by atoms with Gasteiger partial charge in [0.2, 0.25) is 0 Å². The Hall–Kier alpha value is -2.09. The first kappa shape index (κ1) is 23.1. The van der Waals surface area contributed by atoms with Crippen molar-refractivity contribution < 1.29 is 23.9 Å². The summed E-state index contributed by atoms with van der Waals surface area (Å²) in [5, 5.41) is 1.49. The molecule has 32 heavy (non-hydrogen) atoms. The molecule has 4 aliphatic carbocycles. The number of hydrogen-bond donors (Lipinski definition) is 1. The topological polar surface area (TPSA) is 84.9 Å². The lowest BCUT2D eigenvalue weighted by Gasteiger charge is -2.60. The van der Waals surface area contributed by atoms with Crippen molar-refractivity contribution in [3.05, 3.63) is 35.9 Å². The lowest BCUT2D eigenvalue weighted by Crippen LogP contribution is -2.67. The first-order valence-electron chi connectivity index (χ1n) is 11.2. The summed E-state index contributed by atoms with van der Waals surface area (Å²) in [5.41, 5.74) is 3.17. The van der Waals surface area contributed by atoms with Crippen molar-refractivity contribution in [1.29, 1.82) is 0 Å². The number of methoxy groups -OCH3 is 1. The number of hydrazine groups is 1. The van der Waals surface area contributed by atoms with Crippen LogP contribution in [0.15, 0.2) is 30.3 Å². The molecule has 4 aliphatic rings. The fourth-order valence-electron chi connectivity index (χ4n) is 6.29. The third kappa shape index (κ3) is 4.38. The van der Waals surface area contributed by atoms with Crippen LogP contribution in [0.1, 0.15) is 51.5 Å². The van der Waals surface area contributed by atoms with E-state index < -0.39 is 15.8 Å². The molecule has 1 N–H and O–H groups in total. The molecule has 2 amide bonds. The van der Waals surface area contributed by atoms with Gasteiger partial charge >= 0.3 is 12.1 Å². The maximum absolute atomic E-state index is 13.4. The minimum Gasteiger partial charge on any atom is -0.469 e. The zero-order chi connectivity index (χ0) is 23.1. The Morgan fingerprint density at radius 2 is 1.75 bits per heavy atom. The van der Waals surface area contributed by atoms with Gasteiger partial charge in [0.25, 0.3) is 5.91 Å². The van der Waals surface area contributed by atoms with Crippen LogP contribution in [0.3, 0.4) is 0 Å². The molecule has 2 unspecified atom stereocenters. The SMILES string of the molecule is COC(=O)C12CC3CC(C1)C(N(NC(=O)OCc1ccccc1)C(=O)C(C)(C)Br)C(C3)C2. The Bertz CT molecular complexity index is 868. The summed E-state index contributed by atoms with van der Waals surface area (Å²) in [6.07, 6.45) is 3.48. The van der Waals surface area contributed by atoms with Crippen LogP contribution in [0.25, 0.3) is 0 Å². The van der Waals surface area contributed by atoms with Crippen LogP contribution in [-0.2, 0) is 25.7 Å². The average Bonchev–Trinajstić information content (AvgIpc) is 2.75. The quantitative estimate of drug-likeness (QED) is 0.367. The number of carbonyl (C=O) groups excluding carboxylic acids is 3. The highest BCUT2D eigenvalue weighted by Gasteiger charge is 2.61. The van der Waals surface area contributed by atoms with Crippen LogP contribution in [0.2, 0.25) is 0 Å². The average molecular weight is 507 g/mol. The maximum Gasteiger partial charge on any atom is 0.426 e. The summed E-state index contributed by atoms with van der Waals surface area (Å²) < 4.78 is 9.71. The third-order valence-corrected chi connectivity index (χ3v) is 7.63. The lowest BCUT2D eigenvalue weighted by atomic mass is 9.47. The molecular weight excluding hydrogens is 476 g/mol. The number of halogens is 1. The lowest BCUT2D eigenvalue weighted by molar-refractivity contribution is -0.181. The van der Waals surface area contributed by atoms with Gasteiger partial charge in [0.05, 0.1) is 18.6 Å². The van der Waals surface area contributed by atoms with Gasteiger partial charge in [0.1, 0.15) is 10.9 Å². The summed E-state index contributed by atoms with van der Waals surface area (Å²) in [6.45, 7) is 3.66. The molecule has 4 saturated carbocycles. The van der Waals surface area contributed by atoms with Gasteiger partial charge in [-0.3, -0.25) is 9.59 Å². The van der Waals surface area contributed by atoms with E-state index in [9.17, 15) is 14.4 Å². The smallest absolute Gasteiger partial charge is 0.426 e. The van der Waals surface area contributed by atoms with Gasteiger partial charge in [-0.05, 0) is 69.3 Å². The van der Waals surface area contributed by atoms with Crippen LogP contribution in [0.4, 0.5) is 4.79 Å². The second-order valence-corrected chi connectivity index (χ2v) is 12.0. The molecule has 1 aromatic rings. The van der Waals surface area contributed by atoms with E-state index in [1.165, 1.54) is 12.1 Å². The predicted octanol–water partition coefficient (Wildman–Crippen LogP) is 4.20. The van der Waals surface area contributed by atoms with Crippen molar-refractivity contribution in [2.45, 2.75) is 62.9 Å². The maximum atomic E-state index is 13.4. The molecule has 0 spiro atoms. The summed E-state index contributed by atoms with van der Waals surface area (Å²) >= 11 is 3.46. The summed E-state index contributed by atoms with van der Waals surface area (Å²) in [4.78, 5) is 38.7. The molecule has 2 atom stereocenters. The Balaban J connectivity index is 1.53. The summed E-state index contributed by atoms with van der Waals surface area (Å²) in [6, 6.07) is 9.24. The monoisotopic (exact) mass is 506 g/mol. The molecule has 5 rings (SSSR count). The number of esters is 1. The molecular formula is C24H31BrN2O5. The molecule has 0 saturated heterocycles. The number of ether oxygens (including phenoxy) is 2. The van der Waals surface area contributed by atoms with Crippen LogP contribution in [0, 0.1) is 23.2 Å². The van der Waals surface area contributed by atoms with E-state index in [0.29, 0.717) is 18.8 Å². The molecule has 0 aromatic heterocycles. The van der Waals surface area contributed by atoms with Gasteiger partial charge in [-0.15, -0.1) is 0 Å². The van der Waals surface area contributed by atoms with E-state index in [4.69, 9.17) is 9.47 Å². The van der Waals surface area contributed by atoms with Gasteiger partial charge in [0.15, 0.2) is 0 Å². The standard InChI is InChI=1S/C24H31BrN2O5/c1-23(2,25)20(28)27(26-22(30)32-14-15-7-5-4-6-8-15)19-17-9-16-10-18(19)13-24(11-16,12-17)21(29)31-3/h4-8,16-19H,9-14H2,1-3H3,(H,26,30). The van der Waals surface area contributed by atoms with Crippen molar-refractivity contribution >= 4 is 33.9 Å². The number of nitrogens with zero attached hydrogens (tertiary/aromatic N) is 1. The van der Waals surface area contributed by atoms with E-state index in [0.717, 1.165) is 24.8 Å². The van der Waals surface area contributed by atoms with E-state index in [2.05, 4.69) is 21.4 Å². The number of hydrogen-bond acceptors (Lipinski definition) is 5. The van der Waals surface area contributed by atoms with Crippen LogP contribution in [0.5, 0.6) is 0 Å². The molecule has 4 fully saturated rings. The Morgan fingerprint density at radius 3 is 2.31 bits per heavy atom. The zero-order valence-corrected chi connectivity index (χ0v) is 20.4. The van der Waals surface area contributed by atoms with Gasteiger partial charge in [-0.2, -0.15) is 0 Å². The van der Waals surface area contributed by atoms with Gasteiger partial charge < -0.3 is 9.47 Å². The molecule has 174 valence electrons. The highest BCUT2D eigenvalue weighted by atomic mass is 79.9. The van der Waals surface area contributed by atoms with E-state index in [1.54, 1.807) is 13.8 Å². The minimum atomic E-state index is -0.853. The highest BCUT2D eigenvalue weighted by Crippen LogP contribution is 2.61. The van der Waals surface area contributed by atoms with Crippen LogP contribution < -0.4 is 5.43 Å². The van der Waals surface area contributed by atoms with Gasteiger partial charge in [-0.25, -0.2) is 15.2 Å². The molecule has 0 aliphatic heterocycles. The van der Waals surface area contributed by atoms with E-state index >= 15 is 0 Å². The van der Waals surface area contributed by atoms with Gasteiger partial charge in [0, 0.05) is 0 Å². The molecule has 1 aromatic carbocycles. The van der Waals surface area contributed by atoms with Crippen molar-refractivity contribution in [3.8, 4) is 0 Å². The van der Waals surface area contributed by atoms with E-state index in [1.807, 2.05) is 30.3 Å². The first-order chi connectivity index (χ1) is 15.1. The fraction of sp³-hybridized carbons (Fsp3) is 0.625. The largest absolute Gasteiger partial charge is 0.469 e. The Kier molecular flexibility index (Phi) is 6.27.